The Kier molecular flexibility index (Phi) is 2.20. The molecule has 54 valence electrons. The highest BCUT2D eigenvalue weighted by molar-refractivity contribution is 5.33. The minimum Gasteiger partial charge on any atom is -0.373 e. The molecule has 0 aliphatic carbocycles. The normalized spacial score (nSPS) is 9.40. The predicted octanol–water partition coefficient (Wildman–Crippen LogP) is 1.08. The smallest absolute Gasteiger partial charge is 0.129 e. The maximum atomic E-state index is 4.05. The molecule has 0 spiro atoms. The number of aryl methyl sites for hydroxylation is 1. The molecule has 0 unspecified atom stereocenters. The van der Waals surface area contributed by atoms with Crippen LogP contribution in [0.2, 0.25) is 0 Å². The van der Waals surface area contributed by atoms with E-state index in [9.17, 15) is 0 Å². The summed E-state index contributed by atoms with van der Waals surface area (Å²) in [7, 11) is 1.85. The number of anilines is 1. The molecule has 0 radical (unpaired) electrons. The summed E-state index contributed by atoms with van der Waals surface area (Å²) in [4.78, 5) is 8.04. The summed E-state index contributed by atoms with van der Waals surface area (Å²) in [6, 6.07) is 1.94. The molecule has 0 aliphatic heterocycles. The van der Waals surface area contributed by atoms with Crippen LogP contribution < -0.4 is 5.32 Å². The third-order valence-corrected chi connectivity index (χ3v) is 1.34. The number of hydrogen-bond donors (Lipinski definition) is 1. The van der Waals surface area contributed by atoms with Gasteiger partial charge in [-0.2, -0.15) is 0 Å². The molecule has 1 aromatic heterocycles. The Labute approximate surface area is 60.5 Å². The average molecular weight is 137 g/mol. The van der Waals surface area contributed by atoms with Crippen molar-refractivity contribution in [3.63, 3.8) is 0 Å². The van der Waals surface area contributed by atoms with Gasteiger partial charge in [-0.1, -0.05) is 6.92 Å². The van der Waals surface area contributed by atoms with E-state index in [1.807, 2.05) is 13.1 Å². The van der Waals surface area contributed by atoms with Crippen LogP contribution in [0.3, 0.4) is 0 Å². The van der Waals surface area contributed by atoms with E-state index >= 15 is 0 Å². The van der Waals surface area contributed by atoms with Crippen molar-refractivity contribution in [2.24, 2.45) is 0 Å². The fourth-order valence-corrected chi connectivity index (χ4v) is 0.728. The molecule has 0 amide bonds. The van der Waals surface area contributed by atoms with Crippen molar-refractivity contribution in [2.75, 3.05) is 12.4 Å². The lowest BCUT2D eigenvalue weighted by Crippen LogP contribution is -1.95. The Morgan fingerprint density at radius 1 is 1.50 bits per heavy atom. The summed E-state index contributed by atoms with van der Waals surface area (Å²) in [5.41, 5.74) is 1.07. The molecule has 0 aliphatic rings. The van der Waals surface area contributed by atoms with Crippen molar-refractivity contribution in [3.8, 4) is 0 Å². The first-order chi connectivity index (χ1) is 4.86. The van der Waals surface area contributed by atoms with Crippen LogP contribution in [0.1, 0.15) is 12.6 Å². The van der Waals surface area contributed by atoms with Gasteiger partial charge in [-0.15, -0.1) is 0 Å². The summed E-state index contributed by atoms with van der Waals surface area (Å²) >= 11 is 0. The molecule has 1 aromatic rings. The highest BCUT2D eigenvalue weighted by atomic mass is 15.0. The second-order valence-electron chi connectivity index (χ2n) is 2.00. The molecule has 3 nitrogen and oxygen atoms in total. The van der Waals surface area contributed by atoms with Gasteiger partial charge in [0.2, 0.25) is 0 Å². The maximum absolute atomic E-state index is 4.05. The second kappa shape index (κ2) is 3.15. The van der Waals surface area contributed by atoms with Crippen molar-refractivity contribution < 1.29 is 0 Å². The van der Waals surface area contributed by atoms with Crippen molar-refractivity contribution in [1.82, 2.24) is 9.97 Å². The summed E-state index contributed by atoms with van der Waals surface area (Å²) in [6.07, 6.45) is 2.53. The van der Waals surface area contributed by atoms with Gasteiger partial charge in [0.25, 0.3) is 0 Å². The van der Waals surface area contributed by atoms with E-state index in [-0.39, 0.29) is 0 Å². The van der Waals surface area contributed by atoms with Gasteiger partial charge in [-0.3, -0.25) is 0 Å². The van der Waals surface area contributed by atoms with E-state index in [0.29, 0.717) is 0 Å². The summed E-state index contributed by atoms with van der Waals surface area (Å²) in [5.74, 6) is 0.881. The number of nitrogens with one attached hydrogen (secondary N) is 1. The van der Waals surface area contributed by atoms with Gasteiger partial charge in [-0.05, 0) is 6.42 Å². The third kappa shape index (κ3) is 1.43. The number of aromatic nitrogens is 2. The van der Waals surface area contributed by atoms with E-state index < -0.39 is 0 Å². The van der Waals surface area contributed by atoms with Gasteiger partial charge < -0.3 is 5.32 Å². The summed E-state index contributed by atoms with van der Waals surface area (Å²) < 4.78 is 0. The first kappa shape index (κ1) is 6.99. The minimum absolute atomic E-state index is 0.881. The molecule has 0 saturated carbocycles. The number of hydrogen-bond acceptors (Lipinski definition) is 3. The Morgan fingerprint density at radius 2 is 2.30 bits per heavy atom. The molecule has 0 fully saturated rings. The van der Waals surface area contributed by atoms with Crippen LogP contribution in [0.25, 0.3) is 0 Å². The molecule has 1 heterocycles. The van der Waals surface area contributed by atoms with Gasteiger partial charge in [0.1, 0.15) is 12.1 Å². The fourth-order valence-electron chi connectivity index (χ4n) is 0.728. The van der Waals surface area contributed by atoms with Gasteiger partial charge in [0.05, 0.1) is 0 Å². The Bertz CT molecular complexity index is 191. The van der Waals surface area contributed by atoms with E-state index in [0.717, 1.165) is 17.9 Å². The van der Waals surface area contributed by atoms with Crippen molar-refractivity contribution in [1.29, 1.82) is 0 Å². The standard InChI is InChI=1S/C7H11N3/c1-3-6-4-7(8-2)10-5-9-6/h4-5H,3H2,1-2H3,(H,8,9,10). The first-order valence-corrected chi connectivity index (χ1v) is 3.35. The molecule has 10 heavy (non-hydrogen) atoms. The Hall–Kier alpha value is -1.12. The van der Waals surface area contributed by atoms with E-state index in [4.69, 9.17) is 0 Å². The second-order valence-corrected chi connectivity index (χ2v) is 2.00. The zero-order valence-corrected chi connectivity index (χ0v) is 6.26. The number of nitrogens with zero attached hydrogens (tertiary/aromatic N) is 2. The molecule has 0 atom stereocenters. The molecule has 0 bridgehead atoms. The first-order valence-electron chi connectivity index (χ1n) is 3.35. The van der Waals surface area contributed by atoms with Crippen molar-refractivity contribution >= 4 is 5.82 Å². The Balaban J connectivity index is 2.87. The average Bonchev–Trinajstić information content (AvgIpc) is 2.05. The molecule has 1 rings (SSSR count). The minimum atomic E-state index is 0.881. The van der Waals surface area contributed by atoms with E-state index in [1.165, 1.54) is 0 Å². The molecule has 1 N–H and O–H groups in total. The molecule has 0 aromatic carbocycles. The van der Waals surface area contributed by atoms with Gasteiger partial charge >= 0.3 is 0 Å². The predicted molar refractivity (Wildman–Crippen MR) is 41.0 cm³/mol. The highest BCUT2D eigenvalue weighted by Gasteiger charge is 1.91. The van der Waals surface area contributed by atoms with Gasteiger partial charge in [0, 0.05) is 18.8 Å². The number of rotatable bonds is 2. The van der Waals surface area contributed by atoms with Crippen LogP contribution in [0, 0.1) is 0 Å². The Morgan fingerprint density at radius 3 is 2.90 bits per heavy atom. The van der Waals surface area contributed by atoms with Crippen LogP contribution in [0.4, 0.5) is 5.82 Å². The van der Waals surface area contributed by atoms with Crippen LogP contribution in [0.15, 0.2) is 12.4 Å². The van der Waals surface area contributed by atoms with Crippen molar-refractivity contribution in [3.05, 3.63) is 18.1 Å². The zero-order chi connectivity index (χ0) is 7.40. The fraction of sp³-hybridized carbons (Fsp3) is 0.429. The van der Waals surface area contributed by atoms with E-state index in [1.54, 1.807) is 6.33 Å². The molecule has 0 saturated heterocycles. The lowest BCUT2D eigenvalue weighted by atomic mass is 10.3. The lowest BCUT2D eigenvalue weighted by Gasteiger charge is -1.98. The summed E-state index contributed by atoms with van der Waals surface area (Å²) in [6.45, 7) is 2.07. The topological polar surface area (TPSA) is 37.8 Å². The molecular weight excluding hydrogens is 126 g/mol. The quantitative estimate of drug-likeness (QED) is 0.662. The van der Waals surface area contributed by atoms with E-state index in [2.05, 4.69) is 22.2 Å². The van der Waals surface area contributed by atoms with Gasteiger partial charge in [0.15, 0.2) is 0 Å². The van der Waals surface area contributed by atoms with Crippen LogP contribution in [-0.2, 0) is 6.42 Å². The van der Waals surface area contributed by atoms with Crippen molar-refractivity contribution in [2.45, 2.75) is 13.3 Å². The SMILES string of the molecule is CCc1cc(NC)ncn1. The molecular formula is C7H11N3. The van der Waals surface area contributed by atoms with Crippen LogP contribution in [-0.4, -0.2) is 17.0 Å². The lowest BCUT2D eigenvalue weighted by molar-refractivity contribution is 0.999. The summed E-state index contributed by atoms with van der Waals surface area (Å²) in [5, 5.41) is 2.95. The molecule has 3 heteroatoms. The van der Waals surface area contributed by atoms with Crippen LogP contribution in [0.5, 0.6) is 0 Å². The largest absolute Gasteiger partial charge is 0.373 e. The monoisotopic (exact) mass is 137 g/mol. The highest BCUT2D eigenvalue weighted by Crippen LogP contribution is 2.01. The maximum Gasteiger partial charge on any atom is 0.129 e. The van der Waals surface area contributed by atoms with Crippen LogP contribution >= 0.6 is 0 Å². The third-order valence-electron chi connectivity index (χ3n) is 1.34. The zero-order valence-electron chi connectivity index (χ0n) is 6.26. The van der Waals surface area contributed by atoms with Gasteiger partial charge in [-0.25, -0.2) is 9.97 Å².